The second-order valence-electron chi connectivity index (χ2n) is 5.27. The first-order chi connectivity index (χ1) is 12.8. The number of methoxy groups -OCH3 is 1. The Hall–Kier alpha value is -3.82. The number of ether oxygens (including phenoxy) is 2. The summed E-state index contributed by atoms with van der Waals surface area (Å²) in [6, 6.07) is 5.90. The van der Waals surface area contributed by atoms with Crippen molar-refractivity contribution in [3.63, 3.8) is 0 Å². The van der Waals surface area contributed by atoms with Crippen LogP contribution in [-0.2, 0) is 4.79 Å². The maximum Gasteiger partial charge on any atom is 0.323 e. The molecular weight excluding hydrogens is 356 g/mol. The number of hydrogen-bond acceptors (Lipinski definition) is 8. The fraction of sp³-hybridized carbons (Fsp3) is 0.176. The lowest BCUT2D eigenvalue weighted by Gasteiger charge is -2.09. The Labute approximate surface area is 154 Å². The van der Waals surface area contributed by atoms with Gasteiger partial charge in [-0.3, -0.25) is 24.7 Å². The lowest BCUT2D eigenvalue weighted by molar-refractivity contribution is -0.385. The number of hydrogen-bond donors (Lipinski definition) is 1. The Morgan fingerprint density at radius 2 is 2.04 bits per heavy atom. The number of amides is 1. The highest BCUT2D eigenvalue weighted by atomic mass is 16.6. The average Bonchev–Trinajstić information content (AvgIpc) is 2.62. The van der Waals surface area contributed by atoms with Gasteiger partial charge in [-0.25, -0.2) is 5.43 Å². The summed E-state index contributed by atoms with van der Waals surface area (Å²) in [5.74, 6) is -1.50. The number of nitro benzene ring substituents is 1. The number of hydrazone groups is 1. The van der Waals surface area contributed by atoms with Gasteiger partial charge in [0.1, 0.15) is 0 Å². The number of aryl methyl sites for hydroxylation is 1. The number of carbonyl (C=O) groups excluding carboxylic acids is 2. The minimum atomic E-state index is -0.696. The maximum absolute atomic E-state index is 12.0. The molecule has 1 aromatic carbocycles. The molecule has 1 N–H and O–H groups in total. The predicted molar refractivity (Wildman–Crippen MR) is 95.0 cm³/mol. The summed E-state index contributed by atoms with van der Waals surface area (Å²) in [6.45, 7) is 2.95. The molecule has 0 bridgehead atoms. The topological polar surface area (TPSA) is 133 Å². The van der Waals surface area contributed by atoms with Gasteiger partial charge in [0.2, 0.25) is 5.75 Å². The van der Waals surface area contributed by atoms with Crippen molar-refractivity contribution in [2.45, 2.75) is 13.8 Å². The summed E-state index contributed by atoms with van der Waals surface area (Å²) in [6.07, 6.45) is 2.48. The van der Waals surface area contributed by atoms with Crippen molar-refractivity contribution >= 4 is 23.8 Å². The molecule has 1 heterocycles. The summed E-state index contributed by atoms with van der Waals surface area (Å²) >= 11 is 0. The molecule has 1 aromatic heterocycles. The number of pyridine rings is 1. The van der Waals surface area contributed by atoms with Crippen LogP contribution in [0.5, 0.6) is 11.5 Å². The highest BCUT2D eigenvalue weighted by Gasteiger charge is 2.25. The first-order valence-electron chi connectivity index (χ1n) is 7.63. The van der Waals surface area contributed by atoms with Crippen molar-refractivity contribution in [1.82, 2.24) is 10.4 Å². The number of rotatable bonds is 6. The Kier molecular flexibility index (Phi) is 6.15. The highest BCUT2D eigenvalue weighted by molar-refractivity contribution is 5.95. The fourth-order valence-corrected chi connectivity index (χ4v) is 2.12. The van der Waals surface area contributed by atoms with Gasteiger partial charge in [-0.05, 0) is 31.2 Å². The summed E-state index contributed by atoms with van der Waals surface area (Å²) in [5, 5.41) is 15.1. The molecule has 0 saturated carbocycles. The van der Waals surface area contributed by atoms with Crippen LogP contribution in [0.4, 0.5) is 5.69 Å². The number of carbonyl (C=O) groups is 2. The number of aromatic nitrogens is 1. The van der Waals surface area contributed by atoms with Gasteiger partial charge < -0.3 is 9.47 Å². The van der Waals surface area contributed by atoms with E-state index in [-0.39, 0.29) is 22.6 Å². The van der Waals surface area contributed by atoms with Crippen LogP contribution in [0.2, 0.25) is 0 Å². The molecule has 140 valence electrons. The highest BCUT2D eigenvalue weighted by Crippen LogP contribution is 2.39. The van der Waals surface area contributed by atoms with E-state index in [1.165, 1.54) is 25.4 Å². The molecule has 0 fully saturated rings. The zero-order chi connectivity index (χ0) is 20.0. The second kappa shape index (κ2) is 8.52. The van der Waals surface area contributed by atoms with Gasteiger partial charge >= 0.3 is 11.7 Å². The standard InChI is InChI=1S/C17H16N4O6/c1-10-4-5-13(8-18-10)17(23)20-19-9-12-6-7-14(27-11(2)22)16(26-3)15(12)21(24)25/h4-9H,1-3H3,(H,20,23)/b19-9+. The number of nitro groups is 1. The molecule has 2 rings (SSSR count). The minimum Gasteiger partial charge on any atom is -0.488 e. The molecule has 2 aromatic rings. The number of nitrogens with one attached hydrogen (secondary N) is 1. The van der Waals surface area contributed by atoms with Gasteiger partial charge in [-0.2, -0.15) is 5.10 Å². The van der Waals surface area contributed by atoms with E-state index in [1.807, 2.05) is 0 Å². The number of nitrogens with zero attached hydrogens (tertiary/aromatic N) is 3. The van der Waals surface area contributed by atoms with Crippen molar-refractivity contribution in [1.29, 1.82) is 0 Å². The van der Waals surface area contributed by atoms with Gasteiger partial charge in [-0.1, -0.05) is 0 Å². The van der Waals surface area contributed by atoms with Crippen molar-refractivity contribution in [2.75, 3.05) is 7.11 Å². The van der Waals surface area contributed by atoms with Crippen LogP contribution in [0.1, 0.15) is 28.5 Å². The van der Waals surface area contributed by atoms with Gasteiger partial charge in [0.05, 0.1) is 29.4 Å². The molecule has 10 heteroatoms. The normalized spacial score (nSPS) is 10.5. The van der Waals surface area contributed by atoms with E-state index in [2.05, 4.69) is 15.5 Å². The minimum absolute atomic E-state index is 0.0510. The molecule has 0 atom stereocenters. The molecule has 0 unspecified atom stereocenters. The zero-order valence-corrected chi connectivity index (χ0v) is 14.8. The van der Waals surface area contributed by atoms with E-state index in [0.717, 1.165) is 18.8 Å². The third-order valence-electron chi connectivity index (χ3n) is 3.31. The Bertz CT molecular complexity index is 908. The largest absolute Gasteiger partial charge is 0.488 e. The molecule has 27 heavy (non-hydrogen) atoms. The van der Waals surface area contributed by atoms with Crippen LogP contribution in [0.25, 0.3) is 0 Å². The molecule has 0 saturated heterocycles. The molecule has 0 aliphatic carbocycles. The van der Waals surface area contributed by atoms with Crippen LogP contribution in [0.15, 0.2) is 35.6 Å². The molecule has 0 radical (unpaired) electrons. The predicted octanol–water partition coefficient (Wildman–Crippen LogP) is 2.00. The first-order valence-corrected chi connectivity index (χ1v) is 7.63. The Balaban J connectivity index is 2.28. The molecular formula is C17H16N4O6. The first kappa shape index (κ1) is 19.5. The van der Waals surface area contributed by atoms with Gasteiger partial charge in [0.15, 0.2) is 5.75 Å². The van der Waals surface area contributed by atoms with Gasteiger partial charge in [-0.15, -0.1) is 0 Å². The molecule has 10 nitrogen and oxygen atoms in total. The quantitative estimate of drug-likeness (QED) is 0.269. The lowest BCUT2D eigenvalue weighted by atomic mass is 10.1. The van der Waals surface area contributed by atoms with Crippen LogP contribution in [0.3, 0.4) is 0 Å². The third kappa shape index (κ3) is 4.84. The summed E-state index contributed by atoms with van der Waals surface area (Å²) < 4.78 is 9.91. The van der Waals surface area contributed by atoms with E-state index in [9.17, 15) is 19.7 Å². The van der Waals surface area contributed by atoms with Crippen LogP contribution in [0, 0.1) is 17.0 Å². The molecule has 0 spiro atoms. The summed E-state index contributed by atoms with van der Waals surface area (Å²) in [4.78, 5) is 37.8. The summed E-state index contributed by atoms with van der Waals surface area (Å²) in [5.41, 5.74) is 2.90. The number of esters is 1. The molecule has 0 aliphatic rings. The third-order valence-corrected chi connectivity index (χ3v) is 3.31. The SMILES string of the molecule is COc1c(OC(C)=O)ccc(/C=N/NC(=O)c2ccc(C)nc2)c1[N+](=O)[O-]. The van der Waals surface area contributed by atoms with E-state index in [0.29, 0.717) is 0 Å². The van der Waals surface area contributed by atoms with E-state index < -0.39 is 22.5 Å². The van der Waals surface area contributed by atoms with Crippen LogP contribution < -0.4 is 14.9 Å². The van der Waals surface area contributed by atoms with Gasteiger partial charge in [0, 0.05) is 18.8 Å². The second-order valence-corrected chi connectivity index (χ2v) is 5.27. The maximum atomic E-state index is 12.0. The van der Waals surface area contributed by atoms with Crippen LogP contribution >= 0.6 is 0 Å². The number of benzene rings is 1. The van der Waals surface area contributed by atoms with Crippen molar-refractivity contribution in [2.24, 2.45) is 5.10 Å². The summed E-state index contributed by atoms with van der Waals surface area (Å²) in [7, 11) is 1.21. The lowest BCUT2D eigenvalue weighted by Crippen LogP contribution is -2.18. The zero-order valence-electron chi connectivity index (χ0n) is 14.8. The fourth-order valence-electron chi connectivity index (χ4n) is 2.12. The Morgan fingerprint density at radius 1 is 1.30 bits per heavy atom. The van der Waals surface area contributed by atoms with Gasteiger partial charge in [0.25, 0.3) is 5.91 Å². The van der Waals surface area contributed by atoms with Crippen molar-refractivity contribution in [3.8, 4) is 11.5 Å². The Morgan fingerprint density at radius 3 is 2.59 bits per heavy atom. The molecule has 1 amide bonds. The average molecular weight is 372 g/mol. The molecule has 0 aliphatic heterocycles. The van der Waals surface area contributed by atoms with E-state index in [4.69, 9.17) is 9.47 Å². The van der Waals surface area contributed by atoms with Crippen molar-refractivity contribution in [3.05, 3.63) is 57.4 Å². The van der Waals surface area contributed by atoms with Crippen LogP contribution in [-0.4, -0.2) is 35.1 Å². The van der Waals surface area contributed by atoms with Crippen molar-refractivity contribution < 1.29 is 24.0 Å². The smallest absolute Gasteiger partial charge is 0.323 e. The van der Waals surface area contributed by atoms with E-state index in [1.54, 1.807) is 19.1 Å². The van der Waals surface area contributed by atoms with E-state index >= 15 is 0 Å². The monoisotopic (exact) mass is 372 g/mol.